The maximum Gasteiger partial charge on any atom is 0.450 e. The Hall–Kier alpha value is -4.53. The summed E-state index contributed by atoms with van der Waals surface area (Å²) in [6.07, 6.45) is -4.94. The average Bonchev–Trinajstić information content (AvgIpc) is 3.31. The molecule has 5 rings (SSSR count). The summed E-state index contributed by atoms with van der Waals surface area (Å²) in [6, 6.07) is 18.1. The highest BCUT2D eigenvalue weighted by Crippen LogP contribution is 2.39. The summed E-state index contributed by atoms with van der Waals surface area (Å²) >= 11 is 0. The number of hydrogen-bond donors (Lipinski definition) is 0. The molecular formula is C26H14F3O6-. The van der Waals surface area contributed by atoms with Crippen LogP contribution < -0.4 is 15.3 Å². The van der Waals surface area contributed by atoms with E-state index in [4.69, 9.17) is 13.6 Å². The lowest BCUT2D eigenvalue weighted by atomic mass is 9.96. The largest absolute Gasteiger partial charge is 0.542 e. The Morgan fingerprint density at radius 2 is 1.69 bits per heavy atom. The van der Waals surface area contributed by atoms with Crippen LogP contribution >= 0.6 is 0 Å². The maximum atomic E-state index is 14.1. The highest BCUT2D eigenvalue weighted by Gasteiger charge is 2.39. The molecular weight excluding hydrogens is 465 g/mol. The number of carbonyl (C=O) groups excluding carboxylic acids is 1. The minimum Gasteiger partial charge on any atom is -0.542 e. The van der Waals surface area contributed by atoms with Crippen molar-refractivity contribution in [2.45, 2.75) is 12.8 Å². The number of carboxylic acids is 1. The van der Waals surface area contributed by atoms with E-state index in [1.165, 1.54) is 36.4 Å². The van der Waals surface area contributed by atoms with Crippen LogP contribution in [0.15, 0.2) is 86.4 Å². The first-order valence-electron chi connectivity index (χ1n) is 10.3. The highest BCUT2D eigenvalue weighted by atomic mass is 19.4. The van der Waals surface area contributed by atoms with Crippen LogP contribution in [0.5, 0.6) is 5.75 Å². The third-order valence-corrected chi connectivity index (χ3v) is 5.42. The van der Waals surface area contributed by atoms with Crippen molar-refractivity contribution in [3.8, 4) is 16.9 Å². The van der Waals surface area contributed by atoms with Gasteiger partial charge in [-0.3, -0.25) is 4.79 Å². The Morgan fingerprint density at radius 1 is 0.914 bits per heavy atom. The van der Waals surface area contributed by atoms with E-state index in [2.05, 4.69) is 0 Å². The van der Waals surface area contributed by atoms with Crippen molar-refractivity contribution in [2.24, 2.45) is 0 Å². The van der Waals surface area contributed by atoms with E-state index in [9.17, 15) is 27.9 Å². The SMILES string of the molecule is O=C([O-])c1ccc(COc2ccc3c(=O)c(-c4cccc5ccccc45)c(C(F)(F)F)oc3c2)o1. The fraction of sp³-hybridized carbons (Fsp3) is 0.0769. The van der Waals surface area contributed by atoms with E-state index in [0.29, 0.717) is 10.8 Å². The molecule has 35 heavy (non-hydrogen) atoms. The lowest BCUT2D eigenvalue weighted by Gasteiger charge is -2.15. The van der Waals surface area contributed by atoms with Gasteiger partial charge in [0, 0.05) is 6.07 Å². The second kappa shape index (κ2) is 8.35. The summed E-state index contributed by atoms with van der Waals surface area (Å²) in [5.41, 5.74) is -1.58. The van der Waals surface area contributed by atoms with Gasteiger partial charge in [-0.2, -0.15) is 13.2 Å². The molecule has 0 aliphatic rings. The fourth-order valence-electron chi connectivity index (χ4n) is 3.87. The van der Waals surface area contributed by atoms with Crippen LogP contribution in [-0.4, -0.2) is 5.97 Å². The van der Waals surface area contributed by atoms with Gasteiger partial charge in [0.25, 0.3) is 0 Å². The molecule has 0 saturated heterocycles. The van der Waals surface area contributed by atoms with Gasteiger partial charge in [-0.15, -0.1) is 0 Å². The zero-order valence-electron chi connectivity index (χ0n) is 17.7. The molecule has 5 aromatic rings. The number of fused-ring (bicyclic) bond motifs is 2. The first-order valence-corrected chi connectivity index (χ1v) is 10.3. The van der Waals surface area contributed by atoms with Crippen molar-refractivity contribution < 1.29 is 36.6 Å². The third-order valence-electron chi connectivity index (χ3n) is 5.42. The summed E-state index contributed by atoms with van der Waals surface area (Å²) in [5.74, 6) is -3.03. The second-order valence-corrected chi connectivity index (χ2v) is 7.66. The number of rotatable bonds is 5. The molecule has 2 heterocycles. The first-order chi connectivity index (χ1) is 16.7. The van der Waals surface area contributed by atoms with Gasteiger partial charge in [0.2, 0.25) is 11.2 Å². The number of hydrogen-bond acceptors (Lipinski definition) is 6. The first kappa shape index (κ1) is 22.3. The minimum atomic E-state index is -4.94. The van der Waals surface area contributed by atoms with Crippen molar-refractivity contribution in [1.82, 2.24) is 0 Å². The van der Waals surface area contributed by atoms with Crippen LogP contribution in [0.3, 0.4) is 0 Å². The van der Waals surface area contributed by atoms with Crippen LogP contribution in [0.25, 0.3) is 32.9 Å². The summed E-state index contributed by atoms with van der Waals surface area (Å²) < 4.78 is 57.9. The molecule has 0 aliphatic carbocycles. The molecule has 2 aromatic heterocycles. The van der Waals surface area contributed by atoms with Crippen molar-refractivity contribution in [1.29, 1.82) is 0 Å². The van der Waals surface area contributed by atoms with Crippen molar-refractivity contribution in [3.63, 3.8) is 0 Å². The van der Waals surface area contributed by atoms with Gasteiger partial charge < -0.3 is 23.5 Å². The van der Waals surface area contributed by atoms with Gasteiger partial charge >= 0.3 is 6.18 Å². The molecule has 9 heteroatoms. The number of benzene rings is 3. The van der Waals surface area contributed by atoms with E-state index < -0.39 is 28.9 Å². The van der Waals surface area contributed by atoms with Gasteiger partial charge in [-0.05, 0) is 40.6 Å². The quantitative estimate of drug-likeness (QED) is 0.346. The molecule has 0 atom stereocenters. The maximum absolute atomic E-state index is 14.1. The molecule has 0 saturated carbocycles. The Balaban J connectivity index is 1.61. The molecule has 6 nitrogen and oxygen atoms in total. The molecule has 0 amide bonds. The topological polar surface area (TPSA) is 92.7 Å². The number of aromatic carboxylic acids is 1. The predicted octanol–water partition coefficient (Wildman–Crippen LogP) is 5.17. The van der Waals surface area contributed by atoms with Crippen molar-refractivity contribution in [2.75, 3.05) is 0 Å². The smallest absolute Gasteiger partial charge is 0.450 e. The molecule has 0 fully saturated rings. The van der Waals surface area contributed by atoms with E-state index in [0.717, 1.165) is 0 Å². The molecule has 0 bridgehead atoms. The predicted molar refractivity (Wildman–Crippen MR) is 118 cm³/mol. The lowest BCUT2D eigenvalue weighted by Crippen LogP contribution is -2.21. The van der Waals surface area contributed by atoms with Crippen LogP contribution in [0.4, 0.5) is 13.2 Å². The summed E-state index contributed by atoms with van der Waals surface area (Å²) in [5, 5.41) is 11.9. The van der Waals surface area contributed by atoms with Gasteiger partial charge in [0.15, 0.2) is 0 Å². The monoisotopic (exact) mass is 479 g/mol. The minimum absolute atomic E-state index is 0.0504. The number of alkyl halides is 3. The Kier molecular flexibility index (Phi) is 5.32. The summed E-state index contributed by atoms with van der Waals surface area (Å²) in [7, 11) is 0. The lowest BCUT2D eigenvalue weighted by molar-refractivity contribution is -0.257. The van der Waals surface area contributed by atoms with Crippen molar-refractivity contribution in [3.05, 3.63) is 100 Å². The third kappa shape index (κ3) is 4.12. The second-order valence-electron chi connectivity index (χ2n) is 7.66. The average molecular weight is 479 g/mol. The van der Waals surface area contributed by atoms with E-state index in [1.807, 2.05) is 0 Å². The Labute approximate surface area is 194 Å². The van der Waals surface area contributed by atoms with Gasteiger partial charge in [-0.1, -0.05) is 42.5 Å². The van der Waals surface area contributed by atoms with Crippen LogP contribution in [0, 0.1) is 0 Å². The molecule has 0 N–H and O–H groups in total. The van der Waals surface area contributed by atoms with E-state index >= 15 is 0 Å². The van der Waals surface area contributed by atoms with E-state index in [1.54, 1.807) is 36.4 Å². The van der Waals surface area contributed by atoms with Crippen LogP contribution in [-0.2, 0) is 12.8 Å². The van der Waals surface area contributed by atoms with Crippen molar-refractivity contribution >= 4 is 27.7 Å². The molecule has 0 unspecified atom stereocenters. The highest BCUT2D eigenvalue weighted by molar-refractivity contribution is 5.98. The molecule has 0 radical (unpaired) electrons. The summed E-state index contributed by atoms with van der Waals surface area (Å²) in [4.78, 5) is 24.1. The Morgan fingerprint density at radius 3 is 2.43 bits per heavy atom. The number of carboxylic acid groups (broad SMARTS) is 1. The summed E-state index contributed by atoms with van der Waals surface area (Å²) in [6.45, 7) is -0.205. The van der Waals surface area contributed by atoms with Gasteiger partial charge in [0.05, 0.1) is 10.9 Å². The van der Waals surface area contributed by atoms with Crippen LogP contribution in [0.2, 0.25) is 0 Å². The zero-order valence-corrected chi connectivity index (χ0v) is 17.7. The number of halogens is 3. The normalized spacial score (nSPS) is 11.7. The molecule has 176 valence electrons. The molecule has 3 aromatic carbocycles. The standard InChI is InChI=1S/C26H15F3O6/c27-26(28,29)24-22(18-7-3-5-14-4-1-2-6-17(14)18)23(30)19-10-8-15(12-21(19)35-24)33-13-16-9-11-20(34-16)25(31)32/h1-12H,13H2,(H,31,32)/p-1. The number of ether oxygens (including phenoxy) is 1. The number of furan rings is 1. The van der Waals surface area contributed by atoms with E-state index in [-0.39, 0.29) is 40.4 Å². The zero-order chi connectivity index (χ0) is 24.7. The van der Waals surface area contributed by atoms with Gasteiger partial charge in [0.1, 0.15) is 35.4 Å². The van der Waals surface area contributed by atoms with Crippen LogP contribution in [0.1, 0.15) is 22.1 Å². The fourth-order valence-corrected chi connectivity index (χ4v) is 3.87. The molecule has 0 aliphatic heterocycles. The molecule has 0 spiro atoms. The Bertz CT molecular complexity index is 1640. The number of carbonyl (C=O) groups is 1. The van der Waals surface area contributed by atoms with Gasteiger partial charge in [-0.25, -0.2) is 0 Å².